The van der Waals surface area contributed by atoms with Gasteiger partial charge < -0.3 is 4.90 Å². The number of nitrogens with one attached hydrogen (secondary N) is 1. The molecule has 0 bridgehead atoms. The quantitative estimate of drug-likeness (QED) is 0.809. The molecule has 5 nitrogen and oxygen atoms in total. The highest BCUT2D eigenvalue weighted by molar-refractivity contribution is 5.73. The third-order valence-electron chi connectivity index (χ3n) is 3.62. The largest absolute Gasteiger partial charge is 0.401 e. The van der Waals surface area contributed by atoms with Crippen LogP contribution in [-0.4, -0.2) is 59.8 Å². The van der Waals surface area contributed by atoms with E-state index < -0.39 is 12.7 Å². The predicted molar refractivity (Wildman–Crippen MR) is 77.3 cm³/mol. The van der Waals surface area contributed by atoms with Gasteiger partial charge in [0.1, 0.15) is 0 Å². The second-order valence-corrected chi connectivity index (χ2v) is 6.53. The van der Waals surface area contributed by atoms with Crippen molar-refractivity contribution in [3.63, 3.8) is 0 Å². The molecule has 8 heteroatoms. The minimum Gasteiger partial charge on any atom is -0.318 e. The fourth-order valence-electron chi connectivity index (χ4n) is 2.55. The maximum atomic E-state index is 12.3. The Morgan fingerprint density at radius 1 is 1.27 bits per heavy atom. The van der Waals surface area contributed by atoms with Crippen LogP contribution in [0, 0.1) is 0 Å². The van der Waals surface area contributed by atoms with E-state index in [-0.39, 0.29) is 17.7 Å². The second-order valence-electron chi connectivity index (χ2n) is 6.53. The maximum absolute atomic E-state index is 12.3. The summed E-state index contributed by atoms with van der Waals surface area (Å²) in [6.07, 6.45) is -3.47. The molecule has 1 N–H and O–H groups in total. The summed E-state index contributed by atoms with van der Waals surface area (Å²) in [6.45, 7) is 7.93. The highest BCUT2D eigenvalue weighted by Crippen LogP contribution is 2.20. The van der Waals surface area contributed by atoms with Gasteiger partial charge in [-0.25, -0.2) is 10.3 Å². The van der Waals surface area contributed by atoms with Crippen molar-refractivity contribution in [1.29, 1.82) is 0 Å². The van der Waals surface area contributed by atoms with Crippen LogP contribution in [0.5, 0.6) is 0 Å². The van der Waals surface area contributed by atoms with Crippen LogP contribution in [0.15, 0.2) is 0 Å². The maximum Gasteiger partial charge on any atom is 0.401 e. The first-order valence-electron chi connectivity index (χ1n) is 7.55. The molecule has 1 fully saturated rings. The summed E-state index contributed by atoms with van der Waals surface area (Å²) >= 11 is 0. The lowest BCUT2D eigenvalue weighted by Gasteiger charge is -2.36. The molecule has 0 spiro atoms. The number of likely N-dealkylation sites (tertiary alicyclic amines) is 1. The summed E-state index contributed by atoms with van der Waals surface area (Å²) in [5, 5.41) is 0. The highest BCUT2D eigenvalue weighted by Gasteiger charge is 2.33. The molecular formula is C14H26F3N3O2. The van der Waals surface area contributed by atoms with Gasteiger partial charge in [-0.2, -0.15) is 13.2 Å². The molecule has 0 aliphatic carbocycles. The Bertz CT molecular complexity index is 361. The van der Waals surface area contributed by atoms with Gasteiger partial charge in [-0.3, -0.25) is 9.74 Å². The number of nitrogens with zero attached hydrogens (tertiary/aromatic N) is 2. The lowest BCUT2D eigenvalue weighted by molar-refractivity contribution is -0.152. The number of piperidine rings is 1. The smallest absolute Gasteiger partial charge is 0.318 e. The topological polar surface area (TPSA) is 44.8 Å². The van der Waals surface area contributed by atoms with Crippen molar-refractivity contribution >= 4 is 6.03 Å². The molecule has 0 saturated carbocycles. The van der Waals surface area contributed by atoms with E-state index in [1.807, 2.05) is 27.7 Å². The molecule has 130 valence electrons. The Morgan fingerprint density at radius 2 is 1.82 bits per heavy atom. The Balaban J connectivity index is 2.34. The number of hydroxylamine groups is 1. The van der Waals surface area contributed by atoms with E-state index in [0.717, 1.165) is 0 Å². The van der Waals surface area contributed by atoms with E-state index in [2.05, 4.69) is 5.48 Å². The summed E-state index contributed by atoms with van der Waals surface area (Å²) in [6, 6.07) is -0.326. The summed E-state index contributed by atoms with van der Waals surface area (Å²) in [5.41, 5.74) is 2.10. The molecule has 2 amide bonds. The number of carbonyl (C=O) groups excluding carboxylic acids is 1. The van der Waals surface area contributed by atoms with Crippen LogP contribution < -0.4 is 5.48 Å². The van der Waals surface area contributed by atoms with Gasteiger partial charge in [0.25, 0.3) is 0 Å². The molecule has 1 aliphatic heterocycles. The number of rotatable bonds is 4. The average Bonchev–Trinajstić information content (AvgIpc) is 2.35. The molecular weight excluding hydrogens is 299 g/mol. The normalized spacial score (nSPS) is 18.3. The monoisotopic (exact) mass is 325 g/mol. The van der Waals surface area contributed by atoms with Crippen LogP contribution in [0.3, 0.4) is 0 Å². The molecule has 0 radical (unpaired) electrons. The van der Waals surface area contributed by atoms with Crippen LogP contribution in [0.25, 0.3) is 0 Å². The van der Waals surface area contributed by atoms with Gasteiger partial charge in [-0.05, 0) is 40.5 Å². The van der Waals surface area contributed by atoms with Gasteiger partial charge in [0.05, 0.1) is 12.6 Å². The fraction of sp³-hybridized carbons (Fsp3) is 0.929. The van der Waals surface area contributed by atoms with Crippen LogP contribution in [0.4, 0.5) is 18.0 Å². The van der Waals surface area contributed by atoms with Crippen LogP contribution in [0.2, 0.25) is 0 Å². The molecule has 0 aromatic heterocycles. The Kier molecular flexibility index (Phi) is 6.49. The van der Waals surface area contributed by atoms with E-state index in [1.54, 1.807) is 4.90 Å². The molecule has 22 heavy (non-hydrogen) atoms. The molecule has 1 aliphatic rings. The predicted octanol–water partition coefficient (Wildman–Crippen LogP) is 2.77. The molecule has 1 rings (SSSR count). The third-order valence-corrected chi connectivity index (χ3v) is 3.62. The average molecular weight is 325 g/mol. The second kappa shape index (κ2) is 7.50. The van der Waals surface area contributed by atoms with Crippen molar-refractivity contribution in [2.45, 2.75) is 58.4 Å². The lowest BCUT2D eigenvalue weighted by atomic mass is 10.1. The van der Waals surface area contributed by atoms with Crippen molar-refractivity contribution < 1.29 is 22.8 Å². The summed E-state index contributed by atoms with van der Waals surface area (Å²) in [5.74, 6) is 0. The van der Waals surface area contributed by atoms with E-state index in [1.165, 1.54) is 4.90 Å². The zero-order valence-corrected chi connectivity index (χ0v) is 13.7. The number of carbonyl (C=O) groups is 1. The van der Waals surface area contributed by atoms with Crippen LogP contribution in [0.1, 0.15) is 40.5 Å². The van der Waals surface area contributed by atoms with Gasteiger partial charge in [-0.1, -0.05) is 0 Å². The zero-order valence-electron chi connectivity index (χ0n) is 13.7. The minimum absolute atomic E-state index is 0.243. The number of hydrogen-bond acceptors (Lipinski definition) is 3. The summed E-state index contributed by atoms with van der Waals surface area (Å²) in [7, 11) is 0. The van der Waals surface area contributed by atoms with E-state index >= 15 is 0 Å². The van der Waals surface area contributed by atoms with Crippen molar-refractivity contribution in [1.82, 2.24) is 15.3 Å². The summed E-state index contributed by atoms with van der Waals surface area (Å²) in [4.78, 5) is 20.4. The molecule has 0 atom stereocenters. The standard InChI is InChI=1S/C14H26F3N3O2/c1-5-20(13(2,3)4)12(21)18-22-11-6-8-19(9-7-11)10-14(15,16)17/h11H,5-10H2,1-4H3,(H,18,21). The third kappa shape index (κ3) is 6.39. The molecule has 0 aromatic rings. The van der Waals surface area contributed by atoms with Crippen LogP contribution in [-0.2, 0) is 4.84 Å². The molecule has 1 saturated heterocycles. The SMILES string of the molecule is CCN(C(=O)NOC1CCN(CC(F)(F)F)CC1)C(C)(C)C. The number of amides is 2. The first kappa shape index (κ1) is 19.0. The van der Waals surface area contributed by atoms with Gasteiger partial charge in [0.2, 0.25) is 0 Å². The first-order chi connectivity index (χ1) is 10.0. The number of halogens is 3. The Morgan fingerprint density at radius 3 is 2.23 bits per heavy atom. The van der Waals surface area contributed by atoms with Crippen molar-refractivity contribution in [2.24, 2.45) is 0 Å². The van der Waals surface area contributed by atoms with Crippen LogP contribution >= 0.6 is 0 Å². The van der Waals surface area contributed by atoms with Crippen molar-refractivity contribution in [3.8, 4) is 0 Å². The minimum atomic E-state index is -4.17. The number of alkyl halides is 3. The number of urea groups is 1. The van der Waals surface area contributed by atoms with E-state index in [0.29, 0.717) is 32.5 Å². The Hall–Kier alpha value is -1.02. The van der Waals surface area contributed by atoms with Crippen molar-refractivity contribution in [3.05, 3.63) is 0 Å². The van der Waals surface area contributed by atoms with Gasteiger partial charge in [0.15, 0.2) is 0 Å². The molecule has 1 heterocycles. The van der Waals surface area contributed by atoms with E-state index in [4.69, 9.17) is 4.84 Å². The highest BCUT2D eigenvalue weighted by atomic mass is 19.4. The first-order valence-corrected chi connectivity index (χ1v) is 7.55. The molecule has 0 unspecified atom stereocenters. The molecule has 0 aromatic carbocycles. The Labute approximate surface area is 129 Å². The van der Waals surface area contributed by atoms with Crippen molar-refractivity contribution in [2.75, 3.05) is 26.2 Å². The van der Waals surface area contributed by atoms with Gasteiger partial charge in [0, 0.05) is 25.2 Å². The fourth-order valence-corrected chi connectivity index (χ4v) is 2.55. The number of hydrogen-bond donors (Lipinski definition) is 1. The van der Waals surface area contributed by atoms with Gasteiger partial charge >= 0.3 is 12.2 Å². The zero-order chi connectivity index (χ0) is 17.0. The summed E-state index contributed by atoms with van der Waals surface area (Å²) < 4.78 is 36.9. The lowest BCUT2D eigenvalue weighted by Crippen LogP contribution is -2.51. The van der Waals surface area contributed by atoms with E-state index in [9.17, 15) is 18.0 Å². The van der Waals surface area contributed by atoms with Gasteiger partial charge in [-0.15, -0.1) is 0 Å².